The van der Waals surface area contributed by atoms with Crippen LogP contribution in [0.3, 0.4) is 0 Å². The maximum absolute atomic E-state index is 5.86. The summed E-state index contributed by atoms with van der Waals surface area (Å²) in [6, 6.07) is 5.71. The lowest BCUT2D eigenvalue weighted by atomic mass is 10.0. The molecule has 0 aliphatic rings. The zero-order valence-electron chi connectivity index (χ0n) is 7.30. The van der Waals surface area contributed by atoms with Crippen LogP contribution in [0.4, 0.5) is 0 Å². The van der Waals surface area contributed by atoms with Gasteiger partial charge in [0.15, 0.2) is 0 Å². The van der Waals surface area contributed by atoms with Crippen LogP contribution >= 0.6 is 11.6 Å². The molecule has 2 heteroatoms. The van der Waals surface area contributed by atoms with Crippen molar-refractivity contribution in [1.29, 1.82) is 0 Å². The molecule has 0 amide bonds. The van der Waals surface area contributed by atoms with Gasteiger partial charge in [-0.15, -0.1) is 0 Å². The van der Waals surface area contributed by atoms with Crippen LogP contribution in [0, 0.1) is 6.92 Å². The van der Waals surface area contributed by atoms with Crippen LogP contribution in [-0.4, -0.2) is 7.11 Å². The van der Waals surface area contributed by atoms with Crippen molar-refractivity contribution in [3.63, 3.8) is 0 Å². The van der Waals surface area contributed by atoms with E-state index in [9.17, 15) is 0 Å². The molecule has 1 unspecified atom stereocenters. The van der Waals surface area contributed by atoms with Crippen molar-refractivity contribution in [3.8, 4) is 5.75 Å². The smallest absolute Gasteiger partial charge is 0.137 e. The van der Waals surface area contributed by atoms with E-state index < -0.39 is 0 Å². The highest BCUT2D eigenvalue weighted by Crippen LogP contribution is 2.27. The van der Waals surface area contributed by atoms with E-state index in [-0.39, 0.29) is 5.92 Å². The Kier molecular flexibility index (Phi) is 2.99. The van der Waals surface area contributed by atoms with Crippen molar-refractivity contribution in [3.05, 3.63) is 35.7 Å². The largest absolute Gasteiger partial charge is 0.495 e. The highest BCUT2D eigenvalue weighted by molar-refractivity contribution is 6.32. The van der Waals surface area contributed by atoms with Gasteiger partial charge in [0, 0.05) is 0 Å². The Labute approximate surface area is 78.3 Å². The van der Waals surface area contributed by atoms with Crippen LogP contribution in [0.1, 0.15) is 18.4 Å². The van der Waals surface area contributed by atoms with Gasteiger partial charge in [-0.05, 0) is 30.5 Å². The molecule has 1 nitrogen and oxygen atoms in total. The van der Waals surface area contributed by atoms with Crippen LogP contribution in [-0.2, 0) is 0 Å². The Hall–Kier alpha value is -0.690. The summed E-state index contributed by atoms with van der Waals surface area (Å²) in [6.07, 6.45) is 0. The molecule has 1 atom stereocenters. The zero-order chi connectivity index (χ0) is 9.14. The van der Waals surface area contributed by atoms with Crippen LogP contribution in [0.2, 0.25) is 5.02 Å². The molecule has 0 saturated heterocycles. The lowest BCUT2D eigenvalue weighted by molar-refractivity contribution is 0.414. The molecule has 1 rings (SSSR count). The molecule has 0 saturated carbocycles. The van der Waals surface area contributed by atoms with E-state index in [1.54, 1.807) is 7.11 Å². The van der Waals surface area contributed by atoms with Crippen molar-refractivity contribution in [2.24, 2.45) is 0 Å². The first-order valence-electron chi connectivity index (χ1n) is 3.81. The van der Waals surface area contributed by atoms with Gasteiger partial charge in [0.2, 0.25) is 0 Å². The molecule has 0 aromatic heterocycles. The van der Waals surface area contributed by atoms with Crippen molar-refractivity contribution in [2.75, 3.05) is 7.11 Å². The van der Waals surface area contributed by atoms with Crippen LogP contribution in [0.5, 0.6) is 5.75 Å². The molecule has 0 aliphatic heterocycles. The highest BCUT2D eigenvalue weighted by atomic mass is 35.5. The van der Waals surface area contributed by atoms with Gasteiger partial charge in [-0.3, -0.25) is 0 Å². The van der Waals surface area contributed by atoms with Gasteiger partial charge in [-0.25, -0.2) is 0 Å². The molecule has 0 bridgehead atoms. The first-order chi connectivity index (χ1) is 5.65. The van der Waals surface area contributed by atoms with Crippen molar-refractivity contribution < 1.29 is 4.74 Å². The summed E-state index contributed by atoms with van der Waals surface area (Å²) in [4.78, 5) is 0. The van der Waals surface area contributed by atoms with Crippen LogP contribution in [0.25, 0.3) is 0 Å². The van der Waals surface area contributed by atoms with E-state index in [1.165, 1.54) is 0 Å². The standard InChI is InChI=1S/C10H12ClO/c1-7(2)8-4-5-9(11)10(6-8)12-3/h4-7H,1H2,2-3H3. The molecule has 0 spiro atoms. The van der Waals surface area contributed by atoms with Crippen LogP contribution in [0.15, 0.2) is 18.2 Å². The Morgan fingerprint density at radius 1 is 1.50 bits per heavy atom. The maximum atomic E-state index is 5.86. The number of hydrogen-bond acceptors (Lipinski definition) is 1. The molecule has 1 aromatic rings. The predicted molar refractivity (Wildman–Crippen MR) is 51.8 cm³/mol. The number of ether oxygens (including phenoxy) is 1. The molecule has 0 fully saturated rings. The average molecular weight is 184 g/mol. The van der Waals surface area contributed by atoms with E-state index in [2.05, 4.69) is 6.92 Å². The van der Waals surface area contributed by atoms with Crippen LogP contribution < -0.4 is 4.74 Å². The van der Waals surface area contributed by atoms with Gasteiger partial charge < -0.3 is 4.74 Å². The molecule has 65 valence electrons. The third-order valence-corrected chi connectivity index (χ3v) is 2.06. The Balaban J connectivity index is 3.05. The normalized spacial score (nSPS) is 10.4. The summed E-state index contributed by atoms with van der Waals surface area (Å²) in [7, 11) is 1.61. The second-order valence-corrected chi connectivity index (χ2v) is 3.20. The summed E-state index contributed by atoms with van der Waals surface area (Å²) >= 11 is 5.86. The zero-order valence-corrected chi connectivity index (χ0v) is 8.06. The van der Waals surface area contributed by atoms with Gasteiger partial charge in [-0.1, -0.05) is 24.6 Å². The third kappa shape index (κ3) is 1.92. The SMILES string of the molecule is [CH2]C(C)c1ccc(Cl)c(OC)c1. The van der Waals surface area contributed by atoms with Gasteiger partial charge in [-0.2, -0.15) is 0 Å². The van der Waals surface area contributed by atoms with E-state index in [1.807, 2.05) is 25.1 Å². The average Bonchev–Trinajstić information content (AvgIpc) is 2.05. The number of methoxy groups -OCH3 is 1. The summed E-state index contributed by atoms with van der Waals surface area (Å²) in [5, 5.41) is 0.641. The first kappa shape index (κ1) is 9.40. The monoisotopic (exact) mass is 183 g/mol. The van der Waals surface area contributed by atoms with E-state index >= 15 is 0 Å². The van der Waals surface area contributed by atoms with Gasteiger partial charge in [0.25, 0.3) is 0 Å². The molecule has 12 heavy (non-hydrogen) atoms. The minimum atomic E-state index is 0.260. The summed E-state index contributed by atoms with van der Waals surface area (Å²) in [6.45, 7) is 5.95. The highest BCUT2D eigenvalue weighted by Gasteiger charge is 2.04. The molecule has 0 N–H and O–H groups in total. The fourth-order valence-corrected chi connectivity index (χ4v) is 1.18. The number of hydrogen-bond donors (Lipinski definition) is 0. The summed E-state index contributed by atoms with van der Waals surface area (Å²) in [5.74, 6) is 0.973. The minimum Gasteiger partial charge on any atom is -0.495 e. The predicted octanol–water partition coefficient (Wildman–Crippen LogP) is 3.29. The van der Waals surface area contributed by atoms with E-state index in [4.69, 9.17) is 16.3 Å². The minimum absolute atomic E-state index is 0.260. The molecular weight excluding hydrogens is 172 g/mol. The second kappa shape index (κ2) is 3.81. The quantitative estimate of drug-likeness (QED) is 0.684. The summed E-state index contributed by atoms with van der Waals surface area (Å²) in [5.41, 5.74) is 1.14. The molecule has 1 aromatic carbocycles. The van der Waals surface area contributed by atoms with Gasteiger partial charge in [0.1, 0.15) is 5.75 Å². The Bertz CT molecular complexity index is 269. The third-order valence-electron chi connectivity index (χ3n) is 1.74. The van der Waals surface area contributed by atoms with E-state index in [0.717, 1.165) is 5.56 Å². The molecule has 0 aliphatic carbocycles. The number of halogens is 1. The second-order valence-electron chi connectivity index (χ2n) is 2.80. The Morgan fingerprint density at radius 2 is 2.17 bits per heavy atom. The first-order valence-corrected chi connectivity index (χ1v) is 4.19. The fraction of sp³-hybridized carbons (Fsp3) is 0.300. The lowest BCUT2D eigenvalue weighted by Gasteiger charge is -2.08. The van der Waals surface area contributed by atoms with Gasteiger partial charge in [0.05, 0.1) is 12.1 Å². The van der Waals surface area contributed by atoms with Crippen molar-refractivity contribution in [1.82, 2.24) is 0 Å². The van der Waals surface area contributed by atoms with E-state index in [0.29, 0.717) is 10.8 Å². The van der Waals surface area contributed by atoms with Gasteiger partial charge >= 0.3 is 0 Å². The molecular formula is C10H12ClO. The van der Waals surface area contributed by atoms with Crippen molar-refractivity contribution in [2.45, 2.75) is 12.8 Å². The van der Waals surface area contributed by atoms with Crippen molar-refractivity contribution >= 4 is 11.6 Å². The topological polar surface area (TPSA) is 9.23 Å². The fourth-order valence-electron chi connectivity index (χ4n) is 0.983. The number of benzene rings is 1. The summed E-state index contributed by atoms with van der Waals surface area (Å²) < 4.78 is 5.08. The Morgan fingerprint density at radius 3 is 2.67 bits per heavy atom. The molecule has 0 heterocycles. The lowest BCUT2D eigenvalue weighted by Crippen LogP contribution is -1.90. The maximum Gasteiger partial charge on any atom is 0.137 e. The molecule has 1 radical (unpaired) electrons. The number of rotatable bonds is 2.